The van der Waals surface area contributed by atoms with Crippen LogP contribution in [0.1, 0.15) is 26.2 Å². The molecule has 3 heterocycles. The highest BCUT2D eigenvalue weighted by Gasteiger charge is 2.23. The number of aryl methyl sites for hydroxylation is 2. The summed E-state index contributed by atoms with van der Waals surface area (Å²) in [4.78, 5) is 18.7. The molecule has 2 aromatic rings. The molecule has 3 rings (SSSR count). The molecule has 0 radical (unpaired) electrons. The van der Waals surface area contributed by atoms with Crippen LogP contribution in [0.4, 0.5) is 5.82 Å². The third-order valence-corrected chi connectivity index (χ3v) is 4.59. The van der Waals surface area contributed by atoms with Crippen molar-refractivity contribution in [2.45, 2.75) is 44.8 Å². The fourth-order valence-electron chi connectivity index (χ4n) is 3.25. The van der Waals surface area contributed by atoms with Crippen LogP contribution < -0.4 is 15.8 Å². The second kappa shape index (κ2) is 7.61. The Balaban J connectivity index is 1.55. The van der Waals surface area contributed by atoms with Gasteiger partial charge in [0.1, 0.15) is 0 Å². The molecule has 1 aliphatic heterocycles. The highest BCUT2D eigenvalue weighted by Crippen LogP contribution is 2.15. The summed E-state index contributed by atoms with van der Waals surface area (Å²) >= 11 is 0. The lowest BCUT2D eigenvalue weighted by molar-refractivity contribution is 0.359. The van der Waals surface area contributed by atoms with Crippen LogP contribution in [0.2, 0.25) is 0 Å². The Morgan fingerprint density at radius 3 is 3.04 bits per heavy atom. The van der Waals surface area contributed by atoms with Gasteiger partial charge in [-0.05, 0) is 32.3 Å². The molecule has 1 fully saturated rings. The molecule has 0 bridgehead atoms. The smallest absolute Gasteiger partial charge is 0.293 e. The standard InChI is InChI=1S/C17H26N6O/c1-14(6-11-23-10-4-7-19-23)20-15-5-3-9-22(13-15)16-17(24)21(2)12-8-18-16/h4,7-8,10,12,14-15,20H,3,5-6,9,11,13H2,1-2H3/t14-,15+/m1/s1. The van der Waals surface area contributed by atoms with Crippen LogP contribution in [-0.4, -0.2) is 44.5 Å². The zero-order valence-corrected chi connectivity index (χ0v) is 14.4. The van der Waals surface area contributed by atoms with Crippen molar-refractivity contribution in [2.75, 3.05) is 18.0 Å². The molecule has 24 heavy (non-hydrogen) atoms. The first-order valence-corrected chi connectivity index (χ1v) is 8.63. The minimum atomic E-state index is -0.0233. The van der Waals surface area contributed by atoms with E-state index in [0.29, 0.717) is 17.9 Å². The van der Waals surface area contributed by atoms with Gasteiger partial charge in [0.15, 0.2) is 5.82 Å². The number of aromatic nitrogens is 4. The Kier molecular flexibility index (Phi) is 5.30. The average Bonchev–Trinajstić information content (AvgIpc) is 3.09. The van der Waals surface area contributed by atoms with Gasteiger partial charge in [-0.3, -0.25) is 9.48 Å². The summed E-state index contributed by atoms with van der Waals surface area (Å²) in [7, 11) is 1.77. The highest BCUT2D eigenvalue weighted by molar-refractivity contribution is 5.36. The number of anilines is 1. The summed E-state index contributed by atoms with van der Waals surface area (Å²) in [6, 6.07) is 2.74. The van der Waals surface area contributed by atoms with E-state index in [-0.39, 0.29) is 5.56 Å². The number of nitrogens with zero attached hydrogens (tertiary/aromatic N) is 5. The third kappa shape index (κ3) is 4.03. The average molecular weight is 330 g/mol. The predicted molar refractivity (Wildman–Crippen MR) is 94.2 cm³/mol. The second-order valence-electron chi connectivity index (χ2n) is 6.58. The highest BCUT2D eigenvalue weighted by atomic mass is 16.1. The quantitative estimate of drug-likeness (QED) is 0.856. The van der Waals surface area contributed by atoms with Gasteiger partial charge in [0.25, 0.3) is 5.56 Å². The number of hydrogen-bond donors (Lipinski definition) is 1. The van der Waals surface area contributed by atoms with Crippen molar-refractivity contribution >= 4 is 5.82 Å². The van der Waals surface area contributed by atoms with Crippen molar-refractivity contribution in [1.29, 1.82) is 0 Å². The Hall–Kier alpha value is -2.15. The van der Waals surface area contributed by atoms with Crippen molar-refractivity contribution in [3.63, 3.8) is 0 Å². The molecular weight excluding hydrogens is 304 g/mol. The molecule has 1 N–H and O–H groups in total. The number of piperidine rings is 1. The van der Waals surface area contributed by atoms with Gasteiger partial charge in [-0.1, -0.05) is 0 Å². The van der Waals surface area contributed by atoms with Gasteiger partial charge < -0.3 is 14.8 Å². The summed E-state index contributed by atoms with van der Waals surface area (Å²) in [5, 5.41) is 7.94. The maximum absolute atomic E-state index is 12.3. The normalized spacial score (nSPS) is 19.4. The summed E-state index contributed by atoms with van der Waals surface area (Å²) in [6.07, 6.45) is 10.4. The van der Waals surface area contributed by atoms with E-state index in [1.54, 1.807) is 24.0 Å². The lowest BCUT2D eigenvalue weighted by Crippen LogP contribution is -2.50. The Labute approximate surface area is 142 Å². The summed E-state index contributed by atoms with van der Waals surface area (Å²) < 4.78 is 3.55. The third-order valence-electron chi connectivity index (χ3n) is 4.59. The van der Waals surface area contributed by atoms with Gasteiger partial charge >= 0.3 is 0 Å². The molecule has 7 nitrogen and oxygen atoms in total. The first-order chi connectivity index (χ1) is 11.6. The van der Waals surface area contributed by atoms with Gasteiger partial charge in [0.05, 0.1) is 0 Å². The molecule has 130 valence electrons. The van der Waals surface area contributed by atoms with Gasteiger partial charge in [-0.15, -0.1) is 0 Å². The molecule has 0 aliphatic carbocycles. The van der Waals surface area contributed by atoms with Crippen LogP contribution in [0.5, 0.6) is 0 Å². The summed E-state index contributed by atoms with van der Waals surface area (Å²) in [5.41, 5.74) is -0.0233. The van der Waals surface area contributed by atoms with Crippen LogP contribution >= 0.6 is 0 Å². The maximum atomic E-state index is 12.3. The van der Waals surface area contributed by atoms with Crippen molar-refractivity contribution in [2.24, 2.45) is 7.05 Å². The number of nitrogens with one attached hydrogen (secondary N) is 1. The van der Waals surface area contributed by atoms with Gasteiger partial charge in [0.2, 0.25) is 0 Å². The fraction of sp³-hybridized carbons (Fsp3) is 0.588. The minimum absolute atomic E-state index is 0.0233. The lowest BCUT2D eigenvalue weighted by Gasteiger charge is -2.35. The molecule has 0 aromatic carbocycles. The molecule has 7 heteroatoms. The van der Waals surface area contributed by atoms with Crippen LogP contribution in [0.3, 0.4) is 0 Å². The summed E-state index contributed by atoms with van der Waals surface area (Å²) in [6.45, 7) is 4.85. The zero-order valence-electron chi connectivity index (χ0n) is 14.4. The number of rotatable bonds is 6. The van der Waals surface area contributed by atoms with Crippen molar-refractivity contribution in [3.8, 4) is 0 Å². The topological polar surface area (TPSA) is 68.0 Å². The van der Waals surface area contributed by atoms with E-state index in [2.05, 4.69) is 27.2 Å². The fourth-order valence-corrected chi connectivity index (χ4v) is 3.25. The molecule has 1 saturated heterocycles. The molecule has 0 spiro atoms. The number of hydrogen-bond acceptors (Lipinski definition) is 5. The van der Waals surface area contributed by atoms with Crippen molar-refractivity contribution in [3.05, 3.63) is 41.2 Å². The van der Waals surface area contributed by atoms with Gasteiger partial charge in [-0.25, -0.2) is 4.98 Å². The molecule has 2 atom stereocenters. The molecule has 1 aliphatic rings. The predicted octanol–water partition coefficient (Wildman–Crippen LogP) is 1.01. The van der Waals surface area contributed by atoms with Gasteiger partial charge in [0, 0.05) is 63.6 Å². The molecule has 0 unspecified atom stereocenters. The van der Waals surface area contributed by atoms with Crippen LogP contribution in [-0.2, 0) is 13.6 Å². The Morgan fingerprint density at radius 2 is 2.25 bits per heavy atom. The Morgan fingerprint density at radius 1 is 1.38 bits per heavy atom. The summed E-state index contributed by atoms with van der Waals surface area (Å²) in [5.74, 6) is 0.565. The minimum Gasteiger partial charge on any atom is -0.350 e. The van der Waals surface area contributed by atoms with E-state index >= 15 is 0 Å². The van der Waals surface area contributed by atoms with E-state index in [9.17, 15) is 4.79 Å². The molecule has 0 amide bonds. The monoisotopic (exact) mass is 330 g/mol. The van der Waals surface area contributed by atoms with E-state index in [1.165, 1.54) is 0 Å². The first-order valence-electron chi connectivity index (χ1n) is 8.63. The second-order valence-corrected chi connectivity index (χ2v) is 6.58. The van der Waals surface area contributed by atoms with E-state index < -0.39 is 0 Å². The van der Waals surface area contributed by atoms with Crippen molar-refractivity contribution < 1.29 is 0 Å². The maximum Gasteiger partial charge on any atom is 0.293 e. The first kappa shape index (κ1) is 16.7. The lowest BCUT2D eigenvalue weighted by atomic mass is 10.0. The molecular formula is C17H26N6O. The van der Waals surface area contributed by atoms with E-state index in [4.69, 9.17) is 0 Å². The van der Waals surface area contributed by atoms with E-state index in [1.807, 2.05) is 23.1 Å². The zero-order chi connectivity index (χ0) is 16.9. The van der Waals surface area contributed by atoms with E-state index in [0.717, 1.165) is 38.9 Å². The SMILES string of the molecule is C[C@H](CCn1cccn1)N[C@H]1CCCN(c2nccn(C)c2=O)C1. The molecule has 2 aromatic heterocycles. The van der Waals surface area contributed by atoms with Crippen LogP contribution in [0.25, 0.3) is 0 Å². The largest absolute Gasteiger partial charge is 0.350 e. The van der Waals surface area contributed by atoms with Gasteiger partial charge in [-0.2, -0.15) is 5.10 Å². The molecule has 0 saturated carbocycles. The van der Waals surface area contributed by atoms with Crippen molar-refractivity contribution in [1.82, 2.24) is 24.6 Å². The van der Waals surface area contributed by atoms with Crippen LogP contribution in [0, 0.1) is 0 Å². The van der Waals surface area contributed by atoms with Crippen LogP contribution in [0.15, 0.2) is 35.6 Å². The Bertz CT molecular complexity index is 695.